The van der Waals surface area contributed by atoms with Crippen molar-refractivity contribution in [2.45, 2.75) is 19.8 Å². The van der Waals surface area contributed by atoms with E-state index in [0.717, 1.165) is 5.00 Å². The molecule has 1 unspecified atom stereocenters. The van der Waals surface area contributed by atoms with E-state index < -0.39 is 5.41 Å². The van der Waals surface area contributed by atoms with Crippen LogP contribution >= 0.6 is 11.3 Å². The molecule has 0 bridgehead atoms. The molecule has 7 heteroatoms. The van der Waals surface area contributed by atoms with Gasteiger partial charge >= 0.3 is 0 Å². The Morgan fingerprint density at radius 1 is 1.36 bits per heavy atom. The molecule has 1 aromatic heterocycles. The van der Waals surface area contributed by atoms with E-state index in [9.17, 15) is 14.4 Å². The van der Waals surface area contributed by atoms with Crippen molar-refractivity contribution in [2.75, 3.05) is 31.1 Å². The zero-order valence-electron chi connectivity index (χ0n) is 12.5. The minimum absolute atomic E-state index is 0.0103. The van der Waals surface area contributed by atoms with Gasteiger partial charge in [-0.25, -0.2) is 0 Å². The summed E-state index contributed by atoms with van der Waals surface area (Å²) in [6.07, 6.45) is 0.905. The molecule has 0 radical (unpaired) electrons. The smallest absolute Gasteiger partial charge is 0.247 e. The number of anilines is 1. The molecule has 6 nitrogen and oxygen atoms in total. The van der Waals surface area contributed by atoms with Crippen LogP contribution in [-0.4, -0.2) is 48.8 Å². The standard InChI is InChI=1S/C15H19N3O3S/c1-15(5-4-11(19)16-10-15)14(21)17-6-7-18(12(20)9-17)13-3-2-8-22-13/h2-3,8H,4-7,9-10H2,1H3,(H,16,19). The number of carbonyl (C=O) groups is 3. The normalized spacial score (nSPS) is 26.0. The van der Waals surface area contributed by atoms with Crippen molar-refractivity contribution < 1.29 is 14.4 Å². The Hall–Kier alpha value is -1.89. The van der Waals surface area contributed by atoms with Gasteiger partial charge < -0.3 is 15.1 Å². The van der Waals surface area contributed by atoms with Crippen molar-refractivity contribution in [1.82, 2.24) is 10.2 Å². The number of hydrogen-bond acceptors (Lipinski definition) is 4. The number of thiophene rings is 1. The average molecular weight is 321 g/mol. The van der Waals surface area contributed by atoms with Crippen LogP contribution in [-0.2, 0) is 14.4 Å². The second-order valence-electron chi connectivity index (χ2n) is 6.06. The third-order valence-corrected chi connectivity index (χ3v) is 5.27. The third-order valence-electron chi connectivity index (χ3n) is 4.38. The molecule has 0 aromatic carbocycles. The number of rotatable bonds is 2. The third kappa shape index (κ3) is 2.72. The number of nitrogens with zero attached hydrogens (tertiary/aromatic N) is 2. The van der Waals surface area contributed by atoms with E-state index in [1.54, 1.807) is 9.80 Å². The van der Waals surface area contributed by atoms with Crippen LogP contribution < -0.4 is 10.2 Å². The van der Waals surface area contributed by atoms with Crippen molar-refractivity contribution in [2.24, 2.45) is 5.41 Å². The van der Waals surface area contributed by atoms with Crippen molar-refractivity contribution in [3.8, 4) is 0 Å². The lowest BCUT2D eigenvalue weighted by molar-refractivity contribution is -0.147. The quantitative estimate of drug-likeness (QED) is 0.877. The molecule has 2 saturated heterocycles. The highest BCUT2D eigenvalue weighted by atomic mass is 32.1. The Morgan fingerprint density at radius 2 is 2.18 bits per heavy atom. The van der Waals surface area contributed by atoms with Crippen molar-refractivity contribution >= 4 is 34.1 Å². The largest absolute Gasteiger partial charge is 0.355 e. The Labute approximate surface area is 133 Å². The zero-order chi connectivity index (χ0) is 15.7. The molecule has 118 valence electrons. The minimum Gasteiger partial charge on any atom is -0.355 e. The molecule has 2 fully saturated rings. The second kappa shape index (κ2) is 5.72. The fourth-order valence-corrected chi connectivity index (χ4v) is 3.70. The first-order chi connectivity index (χ1) is 10.5. The summed E-state index contributed by atoms with van der Waals surface area (Å²) in [6.45, 7) is 3.38. The lowest BCUT2D eigenvalue weighted by atomic mass is 9.81. The Balaban J connectivity index is 1.66. The maximum Gasteiger partial charge on any atom is 0.247 e. The van der Waals surface area contributed by atoms with Gasteiger partial charge in [0, 0.05) is 26.1 Å². The molecule has 2 aliphatic heterocycles. The summed E-state index contributed by atoms with van der Waals surface area (Å²) in [5.74, 6) is -0.0963. The van der Waals surface area contributed by atoms with Crippen LogP contribution in [0.1, 0.15) is 19.8 Å². The number of amides is 3. The van der Waals surface area contributed by atoms with Crippen molar-refractivity contribution in [1.29, 1.82) is 0 Å². The molecule has 0 saturated carbocycles. The molecular formula is C15H19N3O3S. The predicted molar refractivity (Wildman–Crippen MR) is 83.6 cm³/mol. The van der Waals surface area contributed by atoms with Gasteiger partial charge in [-0.05, 0) is 30.9 Å². The van der Waals surface area contributed by atoms with E-state index in [1.807, 2.05) is 24.4 Å². The van der Waals surface area contributed by atoms with Gasteiger partial charge in [-0.3, -0.25) is 14.4 Å². The maximum absolute atomic E-state index is 12.7. The Bertz CT molecular complexity index is 589. The van der Waals surface area contributed by atoms with Crippen LogP contribution in [0, 0.1) is 5.41 Å². The van der Waals surface area contributed by atoms with Crippen LogP contribution in [0.2, 0.25) is 0 Å². The van der Waals surface area contributed by atoms with Crippen LogP contribution in [0.15, 0.2) is 17.5 Å². The zero-order valence-corrected chi connectivity index (χ0v) is 13.3. The summed E-state index contributed by atoms with van der Waals surface area (Å²) >= 11 is 1.52. The summed E-state index contributed by atoms with van der Waals surface area (Å²) in [7, 11) is 0. The minimum atomic E-state index is -0.598. The summed E-state index contributed by atoms with van der Waals surface area (Å²) in [5.41, 5.74) is -0.598. The molecular weight excluding hydrogens is 302 g/mol. The molecule has 0 spiro atoms. The maximum atomic E-state index is 12.7. The van der Waals surface area contributed by atoms with E-state index in [0.29, 0.717) is 32.5 Å². The van der Waals surface area contributed by atoms with Crippen molar-refractivity contribution in [3.63, 3.8) is 0 Å². The van der Waals surface area contributed by atoms with Crippen LogP contribution in [0.3, 0.4) is 0 Å². The van der Waals surface area contributed by atoms with Crippen LogP contribution in [0.4, 0.5) is 5.00 Å². The number of nitrogens with one attached hydrogen (secondary N) is 1. The van der Waals surface area contributed by atoms with Gasteiger partial charge in [0.05, 0.1) is 10.4 Å². The van der Waals surface area contributed by atoms with E-state index in [1.165, 1.54) is 11.3 Å². The topological polar surface area (TPSA) is 69.7 Å². The summed E-state index contributed by atoms with van der Waals surface area (Å²) in [5, 5.41) is 5.62. The van der Waals surface area contributed by atoms with Crippen molar-refractivity contribution in [3.05, 3.63) is 17.5 Å². The highest BCUT2D eigenvalue weighted by molar-refractivity contribution is 7.14. The van der Waals surface area contributed by atoms with E-state index in [2.05, 4.69) is 5.32 Å². The van der Waals surface area contributed by atoms with Gasteiger partial charge in [0.2, 0.25) is 17.7 Å². The molecule has 1 atom stereocenters. The average Bonchev–Trinajstić information content (AvgIpc) is 3.03. The SMILES string of the molecule is CC1(C(=O)N2CCN(c3cccs3)C(=O)C2)CCC(=O)NC1. The highest BCUT2D eigenvalue weighted by Gasteiger charge is 2.41. The Kier molecular flexibility index (Phi) is 3.90. The first kappa shape index (κ1) is 15.0. The lowest BCUT2D eigenvalue weighted by Gasteiger charge is -2.40. The molecule has 3 heterocycles. The fourth-order valence-electron chi connectivity index (χ4n) is 2.93. The van der Waals surface area contributed by atoms with Gasteiger partial charge in [0.1, 0.15) is 6.54 Å². The monoisotopic (exact) mass is 321 g/mol. The number of carbonyl (C=O) groups excluding carboxylic acids is 3. The predicted octanol–water partition coefficient (Wildman–Crippen LogP) is 0.840. The van der Waals surface area contributed by atoms with E-state index >= 15 is 0 Å². The number of hydrogen-bond donors (Lipinski definition) is 1. The Morgan fingerprint density at radius 3 is 2.77 bits per heavy atom. The first-order valence-corrected chi connectivity index (χ1v) is 8.27. The van der Waals surface area contributed by atoms with Gasteiger partial charge in [0.25, 0.3) is 0 Å². The summed E-state index contributed by atoms with van der Waals surface area (Å²) in [6, 6.07) is 3.83. The van der Waals surface area contributed by atoms with Gasteiger partial charge in [-0.15, -0.1) is 11.3 Å². The van der Waals surface area contributed by atoms with Gasteiger partial charge in [-0.1, -0.05) is 0 Å². The fraction of sp³-hybridized carbons (Fsp3) is 0.533. The van der Waals surface area contributed by atoms with Crippen LogP contribution in [0.5, 0.6) is 0 Å². The summed E-state index contributed by atoms with van der Waals surface area (Å²) < 4.78 is 0. The number of piperidine rings is 1. The van der Waals surface area contributed by atoms with E-state index in [4.69, 9.17) is 0 Å². The molecule has 1 N–H and O–H groups in total. The van der Waals surface area contributed by atoms with Gasteiger partial charge in [-0.2, -0.15) is 0 Å². The summed E-state index contributed by atoms with van der Waals surface area (Å²) in [4.78, 5) is 39.7. The molecule has 3 rings (SSSR count). The van der Waals surface area contributed by atoms with Gasteiger partial charge in [0.15, 0.2) is 0 Å². The number of piperazine rings is 1. The molecule has 3 amide bonds. The molecule has 22 heavy (non-hydrogen) atoms. The molecule has 2 aliphatic rings. The van der Waals surface area contributed by atoms with Crippen LogP contribution in [0.25, 0.3) is 0 Å². The first-order valence-electron chi connectivity index (χ1n) is 7.39. The molecule has 1 aromatic rings. The highest BCUT2D eigenvalue weighted by Crippen LogP contribution is 2.30. The second-order valence-corrected chi connectivity index (χ2v) is 6.99. The molecule has 0 aliphatic carbocycles. The lowest BCUT2D eigenvalue weighted by Crippen LogP contribution is -2.58. The van der Waals surface area contributed by atoms with E-state index in [-0.39, 0.29) is 24.3 Å².